The number of aromatic nitrogens is 2. The number of hydrogen-bond acceptors (Lipinski definition) is 5. The van der Waals surface area contributed by atoms with Crippen LogP contribution in [0.1, 0.15) is 48.4 Å². The highest BCUT2D eigenvalue weighted by Crippen LogP contribution is 2.16. The SMILES string of the molecule is CC(C)OCCN1CCC(NC(=O)c2n[nH]c3c2CNCC3)CC1.Cl. The number of carbonyl (C=O) groups is 1. The number of H-pyrrole nitrogens is 1. The second kappa shape index (κ2) is 9.52. The fourth-order valence-electron chi connectivity index (χ4n) is 3.39. The molecule has 1 aromatic heterocycles. The lowest BCUT2D eigenvalue weighted by atomic mass is 10.0. The summed E-state index contributed by atoms with van der Waals surface area (Å²) in [5, 5.41) is 13.7. The van der Waals surface area contributed by atoms with Crippen LogP contribution in [0.25, 0.3) is 0 Å². The first kappa shape index (κ1) is 20.2. The smallest absolute Gasteiger partial charge is 0.272 e. The summed E-state index contributed by atoms with van der Waals surface area (Å²) in [6, 6.07) is 0.240. The number of nitrogens with one attached hydrogen (secondary N) is 3. The number of piperidine rings is 1. The van der Waals surface area contributed by atoms with Crippen molar-refractivity contribution in [1.29, 1.82) is 0 Å². The van der Waals surface area contributed by atoms with Gasteiger partial charge >= 0.3 is 0 Å². The molecule has 1 amide bonds. The number of halogens is 1. The van der Waals surface area contributed by atoms with Gasteiger partial charge in [-0.05, 0) is 26.7 Å². The van der Waals surface area contributed by atoms with Gasteiger partial charge in [-0.15, -0.1) is 12.4 Å². The Labute approximate surface area is 155 Å². The van der Waals surface area contributed by atoms with Gasteiger partial charge in [-0.3, -0.25) is 9.89 Å². The Morgan fingerprint density at radius 1 is 1.40 bits per heavy atom. The van der Waals surface area contributed by atoms with Gasteiger partial charge in [-0.1, -0.05) is 0 Å². The molecule has 1 saturated heterocycles. The molecule has 25 heavy (non-hydrogen) atoms. The molecule has 2 aliphatic heterocycles. The van der Waals surface area contributed by atoms with E-state index in [4.69, 9.17) is 4.74 Å². The molecule has 3 rings (SSSR count). The number of aromatic amines is 1. The predicted molar refractivity (Wildman–Crippen MR) is 99.3 cm³/mol. The zero-order chi connectivity index (χ0) is 16.9. The van der Waals surface area contributed by atoms with Crippen molar-refractivity contribution in [3.8, 4) is 0 Å². The summed E-state index contributed by atoms with van der Waals surface area (Å²) in [6.45, 7) is 9.55. The van der Waals surface area contributed by atoms with Gasteiger partial charge in [0.1, 0.15) is 0 Å². The zero-order valence-electron chi connectivity index (χ0n) is 15.1. The minimum absolute atomic E-state index is 0. The number of ether oxygens (including phenoxy) is 1. The van der Waals surface area contributed by atoms with E-state index >= 15 is 0 Å². The van der Waals surface area contributed by atoms with Gasteiger partial charge in [0, 0.05) is 56.4 Å². The van der Waals surface area contributed by atoms with Crippen molar-refractivity contribution in [3.63, 3.8) is 0 Å². The van der Waals surface area contributed by atoms with E-state index in [1.807, 2.05) is 0 Å². The fraction of sp³-hybridized carbons (Fsp3) is 0.765. The van der Waals surface area contributed by atoms with Gasteiger partial charge in [-0.25, -0.2) is 0 Å². The van der Waals surface area contributed by atoms with Crippen LogP contribution in [-0.2, 0) is 17.7 Å². The Bertz CT molecular complexity index is 555. The summed E-state index contributed by atoms with van der Waals surface area (Å²) >= 11 is 0. The first-order valence-corrected chi connectivity index (χ1v) is 9.05. The van der Waals surface area contributed by atoms with E-state index < -0.39 is 0 Å². The Kier molecular flexibility index (Phi) is 7.68. The molecule has 2 aliphatic rings. The molecule has 0 atom stereocenters. The number of amides is 1. The summed E-state index contributed by atoms with van der Waals surface area (Å²) in [5.41, 5.74) is 2.69. The topological polar surface area (TPSA) is 82.3 Å². The molecule has 8 heteroatoms. The molecular weight excluding hydrogens is 342 g/mol. The zero-order valence-corrected chi connectivity index (χ0v) is 16.0. The largest absolute Gasteiger partial charge is 0.377 e. The summed E-state index contributed by atoms with van der Waals surface area (Å²) in [6.07, 6.45) is 3.17. The molecule has 0 aliphatic carbocycles. The van der Waals surface area contributed by atoms with Crippen molar-refractivity contribution in [2.75, 3.05) is 32.8 Å². The molecule has 0 aromatic carbocycles. The molecule has 3 heterocycles. The highest BCUT2D eigenvalue weighted by Gasteiger charge is 2.25. The van der Waals surface area contributed by atoms with Crippen molar-refractivity contribution >= 4 is 18.3 Å². The Morgan fingerprint density at radius 2 is 2.16 bits per heavy atom. The Balaban J connectivity index is 0.00000225. The van der Waals surface area contributed by atoms with E-state index in [0.717, 1.165) is 69.9 Å². The second-order valence-corrected chi connectivity index (χ2v) is 6.97. The number of likely N-dealkylation sites (tertiary alicyclic amines) is 1. The van der Waals surface area contributed by atoms with E-state index in [0.29, 0.717) is 5.69 Å². The maximum Gasteiger partial charge on any atom is 0.272 e. The summed E-state index contributed by atoms with van der Waals surface area (Å²) in [5.74, 6) is -0.0437. The van der Waals surface area contributed by atoms with Crippen molar-refractivity contribution < 1.29 is 9.53 Å². The minimum atomic E-state index is -0.0437. The lowest BCUT2D eigenvalue weighted by molar-refractivity contribution is 0.0520. The van der Waals surface area contributed by atoms with Gasteiger partial charge in [0.25, 0.3) is 5.91 Å². The van der Waals surface area contributed by atoms with Gasteiger partial charge in [0.15, 0.2) is 5.69 Å². The van der Waals surface area contributed by atoms with Crippen LogP contribution in [0.5, 0.6) is 0 Å². The van der Waals surface area contributed by atoms with Crippen molar-refractivity contribution in [1.82, 2.24) is 25.7 Å². The quantitative estimate of drug-likeness (QED) is 0.697. The van der Waals surface area contributed by atoms with Crippen LogP contribution in [0.4, 0.5) is 0 Å². The minimum Gasteiger partial charge on any atom is -0.377 e. The number of rotatable bonds is 6. The monoisotopic (exact) mass is 371 g/mol. The summed E-state index contributed by atoms with van der Waals surface area (Å²) in [7, 11) is 0. The average molecular weight is 372 g/mol. The molecule has 0 bridgehead atoms. The highest BCUT2D eigenvalue weighted by molar-refractivity contribution is 5.94. The molecule has 0 saturated carbocycles. The third kappa shape index (κ3) is 5.41. The van der Waals surface area contributed by atoms with Crippen LogP contribution in [0.3, 0.4) is 0 Å². The molecular formula is C17H30ClN5O2. The van der Waals surface area contributed by atoms with Gasteiger partial charge in [0.2, 0.25) is 0 Å². The highest BCUT2D eigenvalue weighted by atomic mass is 35.5. The van der Waals surface area contributed by atoms with Crippen molar-refractivity contribution in [2.24, 2.45) is 0 Å². The molecule has 0 spiro atoms. The Morgan fingerprint density at radius 3 is 2.88 bits per heavy atom. The summed E-state index contributed by atoms with van der Waals surface area (Å²) < 4.78 is 5.61. The standard InChI is InChI=1S/C17H29N5O2.ClH/c1-12(2)24-10-9-22-7-4-13(5-8-22)19-17(23)16-14-11-18-6-3-15(14)20-21-16;/h12-13,18H,3-11H2,1-2H3,(H,19,23)(H,20,21);1H. The molecule has 1 fully saturated rings. The molecule has 1 aromatic rings. The third-order valence-corrected chi connectivity index (χ3v) is 4.80. The summed E-state index contributed by atoms with van der Waals surface area (Å²) in [4.78, 5) is 14.9. The molecule has 142 valence electrons. The van der Waals surface area contributed by atoms with Crippen LogP contribution in [0.15, 0.2) is 0 Å². The number of nitrogens with zero attached hydrogens (tertiary/aromatic N) is 2. The normalized spacial score (nSPS) is 18.7. The van der Waals surface area contributed by atoms with Gasteiger partial charge in [-0.2, -0.15) is 5.10 Å². The Hall–Kier alpha value is -1.15. The van der Waals surface area contributed by atoms with Crippen molar-refractivity contribution in [3.05, 3.63) is 17.0 Å². The number of fused-ring (bicyclic) bond motifs is 1. The van der Waals surface area contributed by atoms with Crippen LogP contribution >= 0.6 is 12.4 Å². The molecule has 0 radical (unpaired) electrons. The average Bonchev–Trinajstić information content (AvgIpc) is 3.00. The van der Waals surface area contributed by atoms with E-state index in [-0.39, 0.29) is 30.5 Å². The van der Waals surface area contributed by atoms with Gasteiger partial charge in [0.05, 0.1) is 12.7 Å². The first-order chi connectivity index (χ1) is 11.6. The first-order valence-electron chi connectivity index (χ1n) is 9.05. The maximum atomic E-state index is 12.5. The molecule has 0 unspecified atom stereocenters. The van der Waals surface area contributed by atoms with Crippen LogP contribution in [0, 0.1) is 0 Å². The van der Waals surface area contributed by atoms with Gasteiger partial charge < -0.3 is 20.3 Å². The van der Waals surface area contributed by atoms with E-state index in [9.17, 15) is 4.79 Å². The van der Waals surface area contributed by atoms with E-state index in [1.165, 1.54) is 0 Å². The predicted octanol–water partition coefficient (Wildman–Crippen LogP) is 1.10. The molecule has 3 N–H and O–H groups in total. The van der Waals surface area contributed by atoms with Crippen molar-refractivity contribution in [2.45, 2.75) is 51.8 Å². The number of carbonyl (C=O) groups excluding carboxylic acids is 1. The van der Waals surface area contributed by atoms with Crippen LogP contribution in [0.2, 0.25) is 0 Å². The lowest BCUT2D eigenvalue weighted by Crippen LogP contribution is -2.45. The fourth-order valence-corrected chi connectivity index (χ4v) is 3.39. The second-order valence-electron chi connectivity index (χ2n) is 6.97. The van der Waals surface area contributed by atoms with Crippen LogP contribution in [-0.4, -0.2) is 65.9 Å². The lowest BCUT2D eigenvalue weighted by Gasteiger charge is -2.32. The van der Waals surface area contributed by atoms with E-state index in [1.54, 1.807) is 0 Å². The van der Waals surface area contributed by atoms with Crippen LogP contribution < -0.4 is 10.6 Å². The van der Waals surface area contributed by atoms with E-state index in [2.05, 4.69) is 39.6 Å². The number of hydrogen-bond donors (Lipinski definition) is 3. The maximum absolute atomic E-state index is 12.5. The molecule has 7 nitrogen and oxygen atoms in total. The third-order valence-electron chi connectivity index (χ3n) is 4.80.